The Balaban J connectivity index is 2.17. The van der Waals surface area contributed by atoms with Crippen molar-refractivity contribution >= 4 is 0 Å². The van der Waals surface area contributed by atoms with Crippen LogP contribution < -0.4 is 4.74 Å². The molecule has 2 unspecified atom stereocenters. The van der Waals surface area contributed by atoms with Crippen LogP contribution in [0.3, 0.4) is 0 Å². The Morgan fingerprint density at radius 3 is 2.83 bits per heavy atom. The molecule has 0 saturated heterocycles. The zero-order valence-corrected chi connectivity index (χ0v) is 10.9. The Hall–Kier alpha value is -1.09. The summed E-state index contributed by atoms with van der Waals surface area (Å²) in [5.74, 6) is 0.372. The van der Waals surface area contributed by atoms with Gasteiger partial charge in [0, 0.05) is 5.56 Å². The van der Waals surface area contributed by atoms with Crippen LogP contribution in [0, 0.1) is 11.7 Å². The average molecular weight is 252 g/mol. The van der Waals surface area contributed by atoms with Crippen LogP contribution in [0.1, 0.15) is 44.6 Å². The topological polar surface area (TPSA) is 29.5 Å². The third-order valence-corrected chi connectivity index (χ3v) is 3.85. The highest BCUT2D eigenvalue weighted by Gasteiger charge is 2.26. The molecule has 2 nitrogen and oxygen atoms in total. The van der Waals surface area contributed by atoms with Crippen LogP contribution in [0.4, 0.5) is 4.39 Å². The Labute approximate surface area is 108 Å². The monoisotopic (exact) mass is 252 g/mol. The van der Waals surface area contributed by atoms with Gasteiger partial charge in [-0.1, -0.05) is 25.5 Å². The predicted octanol–water partition coefficient (Wildman–Crippen LogP) is 3.67. The fourth-order valence-electron chi connectivity index (χ4n) is 2.76. The van der Waals surface area contributed by atoms with Gasteiger partial charge in [-0.25, -0.2) is 4.39 Å². The number of benzene rings is 1. The molecule has 1 aliphatic rings. The molecule has 3 heteroatoms. The highest BCUT2D eigenvalue weighted by Crippen LogP contribution is 2.33. The summed E-state index contributed by atoms with van der Waals surface area (Å²) < 4.78 is 19.7. The maximum absolute atomic E-state index is 13.8. The number of hydrogen-bond donors (Lipinski definition) is 1. The lowest BCUT2D eigenvalue weighted by molar-refractivity contribution is 0.0835. The molecule has 1 fully saturated rings. The SMILES string of the molecule is CCC1CCCCC1Oc1c(F)cccc1CO. The van der Waals surface area contributed by atoms with E-state index in [9.17, 15) is 9.50 Å². The molecule has 1 aromatic rings. The van der Waals surface area contributed by atoms with E-state index in [-0.39, 0.29) is 24.3 Å². The number of rotatable bonds is 4. The fraction of sp³-hybridized carbons (Fsp3) is 0.600. The first-order chi connectivity index (χ1) is 8.76. The second-order valence-corrected chi connectivity index (χ2v) is 5.00. The molecular weight excluding hydrogens is 231 g/mol. The molecule has 18 heavy (non-hydrogen) atoms. The lowest BCUT2D eigenvalue weighted by Gasteiger charge is -2.31. The van der Waals surface area contributed by atoms with Crippen LogP contribution in [-0.2, 0) is 6.61 Å². The Morgan fingerprint density at radius 2 is 2.11 bits per heavy atom. The largest absolute Gasteiger partial charge is 0.487 e. The summed E-state index contributed by atoms with van der Waals surface area (Å²) in [7, 11) is 0. The Morgan fingerprint density at radius 1 is 1.33 bits per heavy atom. The standard InChI is InChI=1S/C15H21FO2/c1-2-11-6-3-4-9-14(11)18-15-12(10-17)7-5-8-13(15)16/h5,7-8,11,14,17H,2-4,6,9-10H2,1H3. The van der Waals surface area contributed by atoms with E-state index in [1.807, 2.05) is 0 Å². The van der Waals surface area contributed by atoms with Gasteiger partial charge in [-0.3, -0.25) is 0 Å². The average Bonchev–Trinajstić information content (AvgIpc) is 2.41. The molecule has 0 bridgehead atoms. The van der Waals surface area contributed by atoms with Gasteiger partial charge in [0.1, 0.15) is 6.10 Å². The first-order valence-electron chi connectivity index (χ1n) is 6.81. The van der Waals surface area contributed by atoms with E-state index in [0.29, 0.717) is 11.5 Å². The molecule has 2 atom stereocenters. The summed E-state index contributed by atoms with van der Waals surface area (Å²) in [4.78, 5) is 0. The third-order valence-electron chi connectivity index (χ3n) is 3.85. The van der Waals surface area contributed by atoms with Gasteiger partial charge < -0.3 is 9.84 Å². The van der Waals surface area contributed by atoms with Gasteiger partial charge in [0.2, 0.25) is 0 Å². The smallest absolute Gasteiger partial charge is 0.165 e. The van der Waals surface area contributed by atoms with E-state index in [4.69, 9.17) is 4.74 Å². The maximum atomic E-state index is 13.8. The molecule has 0 radical (unpaired) electrons. The fourth-order valence-corrected chi connectivity index (χ4v) is 2.76. The van der Waals surface area contributed by atoms with E-state index >= 15 is 0 Å². The molecule has 1 N–H and O–H groups in total. The van der Waals surface area contributed by atoms with Crippen molar-refractivity contribution in [2.45, 2.75) is 51.7 Å². The van der Waals surface area contributed by atoms with E-state index in [1.165, 1.54) is 12.5 Å². The van der Waals surface area contributed by atoms with Crippen molar-refractivity contribution in [2.75, 3.05) is 0 Å². The molecule has 0 aliphatic heterocycles. The predicted molar refractivity (Wildman–Crippen MR) is 69.0 cm³/mol. The van der Waals surface area contributed by atoms with E-state index in [2.05, 4.69) is 6.92 Å². The van der Waals surface area contributed by atoms with Gasteiger partial charge in [-0.05, 0) is 37.7 Å². The number of aliphatic hydroxyl groups is 1. The van der Waals surface area contributed by atoms with E-state index in [1.54, 1.807) is 12.1 Å². The Kier molecular flexibility index (Phi) is 4.59. The summed E-state index contributed by atoms with van der Waals surface area (Å²) in [6.45, 7) is 1.97. The minimum atomic E-state index is -0.373. The van der Waals surface area contributed by atoms with Crippen LogP contribution >= 0.6 is 0 Å². The van der Waals surface area contributed by atoms with Crippen molar-refractivity contribution < 1.29 is 14.2 Å². The van der Waals surface area contributed by atoms with E-state index in [0.717, 1.165) is 25.7 Å². The molecule has 0 spiro atoms. The molecule has 1 aliphatic carbocycles. The van der Waals surface area contributed by atoms with Crippen LogP contribution in [0.15, 0.2) is 18.2 Å². The van der Waals surface area contributed by atoms with Gasteiger partial charge in [-0.15, -0.1) is 0 Å². The zero-order chi connectivity index (χ0) is 13.0. The summed E-state index contributed by atoms with van der Waals surface area (Å²) in [6, 6.07) is 4.70. The quantitative estimate of drug-likeness (QED) is 0.886. The number of ether oxygens (including phenoxy) is 1. The summed E-state index contributed by atoms with van der Waals surface area (Å²) >= 11 is 0. The zero-order valence-electron chi connectivity index (χ0n) is 10.9. The molecule has 1 saturated carbocycles. The summed E-state index contributed by atoms with van der Waals surface area (Å²) in [5.41, 5.74) is 0.537. The number of para-hydroxylation sites is 1. The summed E-state index contributed by atoms with van der Waals surface area (Å²) in [5, 5.41) is 9.25. The lowest BCUT2D eigenvalue weighted by Crippen LogP contribution is -2.30. The number of hydrogen-bond acceptors (Lipinski definition) is 2. The molecule has 0 amide bonds. The number of aliphatic hydroxyl groups excluding tert-OH is 1. The van der Waals surface area contributed by atoms with Gasteiger partial charge in [0.25, 0.3) is 0 Å². The van der Waals surface area contributed by atoms with Gasteiger partial charge in [-0.2, -0.15) is 0 Å². The van der Waals surface area contributed by atoms with Gasteiger partial charge in [0.15, 0.2) is 11.6 Å². The second-order valence-electron chi connectivity index (χ2n) is 5.00. The highest BCUT2D eigenvalue weighted by molar-refractivity contribution is 5.34. The highest BCUT2D eigenvalue weighted by atomic mass is 19.1. The molecule has 0 aromatic heterocycles. The first kappa shape index (κ1) is 13.3. The van der Waals surface area contributed by atoms with Gasteiger partial charge in [0.05, 0.1) is 6.61 Å². The molecule has 0 heterocycles. The normalized spacial score (nSPS) is 23.9. The van der Waals surface area contributed by atoms with Crippen molar-refractivity contribution in [1.82, 2.24) is 0 Å². The number of halogens is 1. The minimum Gasteiger partial charge on any atom is -0.487 e. The van der Waals surface area contributed by atoms with Crippen molar-refractivity contribution in [3.8, 4) is 5.75 Å². The Bertz CT molecular complexity index is 392. The molecule has 1 aromatic carbocycles. The van der Waals surface area contributed by atoms with Gasteiger partial charge >= 0.3 is 0 Å². The maximum Gasteiger partial charge on any atom is 0.165 e. The third kappa shape index (κ3) is 2.83. The van der Waals surface area contributed by atoms with Crippen molar-refractivity contribution in [3.63, 3.8) is 0 Å². The molecule has 2 rings (SSSR count). The van der Waals surface area contributed by atoms with Crippen LogP contribution in [-0.4, -0.2) is 11.2 Å². The van der Waals surface area contributed by atoms with E-state index < -0.39 is 0 Å². The van der Waals surface area contributed by atoms with Crippen molar-refractivity contribution in [3.05, 3.63) is 29.6 Å². The lowest BCUT2D eigenvalue weighted by atomic mass is 9.84. The minimum absolute atomic E-state index is 0.0888. The van der Waals surface area contributed by atoms with Crippen LogP contribution in [0.25, 0.3) is 0 Å². The van der Waals surface area contributed by atoms with Crippen LogP contribution in [0.5, 0.6) is 5.75 Å². The first-order valence-corrected chi connectivity index (χ1v) is 6.81. The molecular formula is C15H21FO2. The summed E-state index contributed by atoms with van der Waals surface area (Å²) in [6.07, 6.45) is 5.67. The second kappa shape index (κ2) is 6.19. The van der Waals surface area contributed by atoms with Crippen LogP contribution in [0.2, 0.25) is 0 Å². The van der Waals surface area contributed by atoms with Crippen molar-refractivity contribution in [1.29, 1.82) is 0 Å². The molecule has 100 valence electrons. The van der Waals surface area contributed by atoms with Crippen molar-refractivity contribution in [2.24, 2.45) is 5.92 Å².